The maximum absolute atomic E-state index is 11.8. The maximum atomic E-state index is 11.8. The van der Waals surface area contributed by atoms with Crippen molar-refractivity contribution >= 4 is 22.7 Å². The SMILES string of the molecule is FC(F)Oc1nc2cc(Cl)ccc2o1. The summed E-state index contributed by atoms with van der Waals surface area (Å²) in [6.45, 7) is -2.95. The fourth-order valence-corrected chi connectivity index (χ4v) is 1.17. The third-order valence-electron chi connectivity index (χ3n) is 1.52. The van der Waals surface area contributed by atoms with E-state index in [0.717, 1.165) is 0 Å². The zero-order chi connectivity index (χ0) is 10.1. The lowest BCUT2D eigenvalue weighted by Crippen LogP contribution is -2.01. The predicted molar refractivity (Wildman–Crippen MR) is 45.7 cm³/mol. The second-order valence-corrected chi connectivity index (χ2v) is 2.91. The molecule has 6 heteroatoms. The summed E-state index contributed by atoms with van der Waals surface area (Å²) in [5.74, 6) is 0. The van der Waals surface area contributed by atoms with Crippen molar-refractivity contribution < 1.29 is 17.9 Å². The van der Waals surface area contributed by atoms with Gasteiger partial charge in [0.15, 0.2) is 5.58 Å². The van der Waals surface area contributed by atoms with E-state index in [2.05, 4.69) is 9.72 Å². The number of ether oxygens (including phenoxy) is 1. The van der Waals surface area contributed by atoms with Crippen molar-refractivity contribution in [3.8, 4) is 6.08 Å². The minimum absolute atomic E-state index is 0.352. The molecule has 0 N–H and O–H groups in total. The second-order valence-electron chi connectivity index (χ2n) is 2.47. The van der Waals surface area contributed by atoms with E-state index in [0.29, 0.717) is 16.1 Å². The molecule has 74 valence electrons. The Morgan fingerprint density at radius 3 is 2.93 bits per heavy atom. The molecule has 0 amide bonds. The van der Waals surface area contributed by atoms with Crippen LogP contribution in [0.1, 0.15) is 0 Å². The van der Waals surface area contributed by atoms with Gasteiger partial charge >= 0.3 is 12.7 Å². The normalized spacial score (nSPS) is 11.1. The molecule has 0 saturated heterocycles. The van der Waals surface area contributed by atoms with Gasteiger partial charge in [0.1, 0.15) is 5.52 Å². The number of aromatic nitrogens is 1. The van der Waals surface area contributed by atoms with E-state index in [4.69, 9.17) is 16.0 Å². The molecule has 0 atom stereocenters. The first kappa shape index (κ1) is 9.21. The Morgan fingerprint density at radius 1 is 1.43 bits per heavy atom. The van der Waals surface area contributed by atoms with Crippen LogP contribution < -0.4 is 4.74 Å². The number of rotatable bonds is 2. The first-order chi connectivity index (χ1) is 6.65. The largest absolute Gasteiger partial charge is 0.409 e. The van der Waals surface area contributed by atoms with Crippen molar-refractivity contribution in [2.75, 3.05) is 0 Å². The number of hydrogen-bond acceptors (Lipinski definition) is 3. The Morgan fingerprint density at radius 2 is 2.21 bits per heavy atom. The van der Waals surface area contributed by atoms with Gasteiger partial charge in [-0.05, 0) is 18.2 Å². The molecule has 0 aliphatic carbocycles. The Balaban J connectivity index is 2.41. The van der Waals surface area contributed by atoms with Crippen molar-refractivity contribution in [2.45, 2.75) is 6.61 Å². The quantitative estimate of drug-likeness (QED) is 0.779. The van der Waals surface area contributed by atoms with Crippen LogP contribution in [0.2, 0.25) is 5.02 Å². The third kappa shape index (κ3) is 1.77. The van der Waals surface area contributed by atoms with Gasteiger partial charge in [-0.3, -0.25) is 0 Å². The monoisotopic (exact) mass is 219 g/mol. The standard InChI is InChI=1S/C8H4ClF2NO2/c9-4-1-2-6-5(3-4)12-8(13-6)14-7(10)11/h1-3,7H. The summed E-state index contributed by atoms with van der Waals surface area (Å²) >= 11 is 5.66. The van der Waals surface area contributed by atoms with Crippen molar-refractivity contribution in [2.24, 2.45) is 0 Å². The predicted octanol–water partition coefficient (Wildman–Crippen LogP) is 3.08. The topological polar surface area (TPSA) is 35.3 Å². The van der Waals surface area contributed by atoms with Crippen LogP contribution >= 0.6 is 11.6 Å². The Kier molecular flexibility index (Phi) is 2.25. The Labute approximate surface area is 82.2 Å². The summed E-state index contributed by atoms with van der Waals surface area (Å²) in [6, 6.07) is 4.60. The summed E-state index contributed by atoms with van der Waals surface area (Å²) in [5.41, 5.74) is 0.734. The molecule has 0 unspecified atom stereocenters. The summed E-state index contributed by atoms with van der Waals surface area (Å²) in [5, 5.41) is 0.453. The van der Waals surface area contributed by atoms with Crippen LogP contribution in [0.5, 0.6) is 6.08 Å². The minimum atomic E-state index is -2.95. The van der Waals surface area contributed by atoms with Gasteiger partial charge in [0.25, 0.3) is 0 Å². The third-order valence-corrected chi connectivity index (χ3v) is 1.75. The highest BCUT2D eigenvalue weighted by atomic mass is 35.5. The second kappa shape index (κ2) is 3.42. The molecule has 0 spiro atoms. The van der Waals surface area contributed by atoms with Gasteiger partial charge in [0, 0.05) is 5.02 Å². The lowest BCUT2D eigenvalue weighted by Gasteiger charge is -1.94. The van der Waals surface area contributed by atoms with Crippen molar-refractivity contribution in [3.05, 3.63) is 23.2 Å². The van der Waals surface area contributed by atoms with E-state index in [9.17, 15) is 8.78 Å². The number of nitrogens with zero attached hydrogens (tertiary/aromatic N) is 1. The molecule has 0 saturated carbocycles. The van der Waals surface area contributed by atoms with Gasteiger partial charge in [0.05, 0.1) is 0 Å². The number of benzene rings is 1. The summed E-state index contributed by atoms with van der Waals surface area (Å²) in [4.78, 5) is 3.66. The summed E-state index contributed by atoms with van der Waals surface area (Å²) < 4.78 is 32.4. The molecule has 0 bridgehead atoms. The molecule has 1 aromatic heterocycles. The van der Waals surface area contributed by atoms with Gasteiger partial charge < -0.3 is 9.15 Å². The highest BCUT2D eigenvalue weighted by Crippen LogP contribution is 2.24. The Hall–Kier alpha value is -1.36. The highest BCUT2D eigenvalue weighted by molar-refractivity contribution is 6.31. The lowest BCUT2D eigenvalue weighted by atomic mass is 10.3. The number of alkyl halides is 2. The van der Waals surface area contributed by atoms with E-state index in [1.165, 1.54) is 12.1 Å². The van der Waals surface area contributed by atoms with E-state index < -0.39 is 12.7 Å². The van der Waals surface area contributed by atoms with Gasteiger partial charge in [-0.15, -0.1) is 0 Å². The van der Waals surface area contributed by atoms with E-state index in [1.807, 2.05) is 0 Å². The van der Waals surface area contributed by atoms with E-state index >= 15 is 0 Å². The van der Waals surface area contributed by atoms with Gasteiger partial charge in [-0.2, -0.15) is 13.8 Å². The van der Waals surface area contributed by atoms with Crippen LogP contribution in [-0.4, -0.2) is 11.6 Å². The molecule has 0 fully saturated rings. The first-order valence-corrected chi connectivity index (χ1v) is 4.04. The van der Waals surface area contributed by atoms with Crippen LogP contribution in [0, 0.1) is 0 Å². The van der Waals surface area contributed by atoms with Crippen molar-refractivity contribution in [3.63, 3.8) is 0 Å². The fraction of sp³-hybridized carbons (Fsp3) is 0.125. The molecular formula is C8H4ClF2NO2. The fourth-order valence-electron chi connectivity index (χ4n) is 1.01. The molecule has 14 heavy (non-hydrogen) atoms. The average molecular weight is 220 g/mol. The van der Waals surface area contributed by atoms with Crippen LogP contribution in [0.25, 0.3) is 11.1 Å². The molecule has 0 radical (unpaired) electrons. The molecular weight excluding hydrogens is 216 g/mol. The van der Waals surface area contributed by atoms with Crippen molar-refractivity contribution in [1.82, 2.24) is 4.98 Å². The lowest BCUT2D eigenvalue weighted by molar-refractivity contribution is -0.0664. The number of hydrogen-bond donors (Lipinski definition) is 0. The van der Waals surface area contributed by atoms with E-state index in [-0.39, 0.29) is 0 Å². The molecule has 2 rings (SSSR count). The van der Waals surface area contributed by atoms with Crippen LogP contribution in [0.15, 0.2) is 22.6 Å². The zero-order valence-corrected chi connectivity index (χ0v) is 7.46. The molecule has 0 aliphatic rings. The molecule has 1 aromatic carbocycles. The molecule has 2 aromatic rings. The van der Waals surface area contributed by atoms with E-state index in [1.54, 1.807) is 6.07 Å². The zero-order valence-electron chi connectivity index (χ0n) is 6.71. The maximum Gasteiger partial charge on any atom is 0.399 e. The molecule has 1 heterocycles. The van der Waals surface area contributed by atoms with Gasteiger partial charge in [-0.1, -0.05) is 11.6 Å². The summed E-state index contributed by atoms with van der Waals surface area (Å²) in [6.07, 6.45) is -0.461. The number of oxazole rings is 1. The van der Waals surface area contributed by atoms with Gasteiger partial charge in [-0.25, -0.2) is 0 Å². The Bertz CT molecular complexity index is 458. The summed E-state index contributed by atoms with van der Waals surface area (Å²) in [7, 11) is 0. The molecule has 0 aliphatic heterocycles. The van der Waals surface area contributed by atoms with Crippen LogP contribution in [0.4, 0.5) is 8.78 Å². The first-order valence-electron chi connectivity index (χ1n) is 3.66. The average Bonchev–Trinajstić information content (AvgIpc) is 2.44. The van der Waals surface area contributed by atoms with Crippen LogP contribution in [0.3, 0.4) is 0 Å². The van der Waals surface area contributed by atoms with Crippen LogP contribution in [-0.2, 0) is 0 Å². The highest BCUT2D eigenvalue weighted by Gasteiger charge is 2.11. The minimum Gasteiger partial charge on any atom is -0.409 e. The van der Waals surface area contributed by atoms with Gasteiger partial charge in [0.2, 0.25) is 0 Å². The smallest absolute Gasteiger partial charge is 0.399 e. The van der Waals surface area contributed by atoms with Crippen molar-refractivity contribution in [1.29, 1.82) is 0 Å². The number of halogens is 3. The number of fused-ring (bicyclic) bond motifs is 1. The molecule has 3 nitrogen and oxygen atoms in total.